The second-order valence-electron chi connectivity index (χ2n) is 2.06. The Morgan fingerprint density at radius 1 is 1.73 bits per heavy atom. The van der Waals surface area contributed by atoms with E-state index in [-0.39, 0.29) is 5.57 Å². The second-order valence-corrected chi connectivity index (χ2v) is 2.06. The van der Waals surface area contributed by atoms with Gasteiger partial charge >= 0.3 is 5.97 Å². The van der Waals surface area contributed by atoms with E-state index >= 15 is 0 Å². The number of carboxylic acids is 1. The zero-order valence-corrected chi connectivity index (χ0v) is 6.59. The minimum Gasteiger partial charge on any atom is -0.477 e. The normalized spacial score (nSPS) is 8.82. The van der Waals surface area contributed by atoms with Gasteiger partial charge in [-0.15, -0.1) is 5.73 Å². The molecule has 0 bridgehead atoms. The number of methoxy groups -OCH3 is 1. The summed E-state index contributed by atoms with van der Waals surface area (Å²) >= 11 is 0. The minimum atomic E-state index is -0.948. The highest BCUT2D eigenvalue weighted by molar-refractivity contribution is 5.86. The Kier molecular flexibility index (Phi) is 5.17. The quantitative estimate of drug-likeness (QED) is 0.369. The molecular formula is C8H12O3. The van der Waals surface area contributed by atoms with Crippen LogP contribution in [0.1, 0.15) is 12.8 Å². The zero-order valence-electron chi connectivity index (χ0n) is 6.59. The summed E-state index contributed by atoms with van der Waals surface area (Å²) in [6, 6.07) is 0. The van der Waals surface area contributed by atoms with Crippen LogP contribution in [-0.4, -0.2) is 24.8 Å². The summed E-state index contributed by atoms with van der Waals surface area (Å²) in [5.41, 5.74) is 2.60. The first-order chi connectivity index (χ1) is 5.22. The van der Waals surface area contributed by atoms with Gasteiger partial charge in [0.05, 0.1) is 5.57 Å². The van der Waals surface area contributed by atoms with E-state index in [0.717, 1.165) is 0 Å². The molecule has 11 heavy (non-hydrogen) atoms. The molecule has 0 aliphatic rings. The van der Waals surface area contributed by atoms with Crippen molar-refractivity contribution in [3.63, 3.8) is 0 Å². The van der Waals surface area contributed by atoms with Crippen molar-refractivity contribution in [3.8, 4) is 0 Å². The van der Waals surface area contributed by atoms with Crippen LogP contribution in [-0.2, 0) is 9.53 Å². The van der Waals surface area contributed by atoms with Gasteiger partial charge in [-0.05, 0) is 12.8 Å². The van der Waals surface area contributed by atoms with Gasteiger partial charge in [0.15, 0.2) is 0 Å². The standard InChI is InChI=1S/C8H12O3/c1-3-7(8(9)10)5-4-6-11-2/h1,4-6H2,2H3,(H,9,10). The predicted octanol–water partition coefficient (Wildman–Crippen LogP) is 1.21. The highest BCUT2D eigenvalue weighted by Crippen LogP contribution is 2.02. The van der Waals surface area contributed by atoms with E-state index in [1.54, 1.807) is 7.11 Å². The largest absolute Gasteiger partial charge is 0.477 e. The molecule has 3 heteroatoms. The molecule has 62 valence electrons. The van der Waals surface area contributed by atoms with Crippen LogP contribution in [0.4, 0.5) is 0 Å². The fourth-order valence-electron chi connectivity index (χ4n) is 0.664. The summed E-state index contributed by atoms with van der Waals surface area (Å²) in [6.07, 6.45) is 1.16. The molecule has 0 radical (unpaired) electrons. The molecule has 1 N–H and O–H groups in total. The van der Waals surface area contributed by atoms with Gasteiger partial charge in [0, 0.05) is 13.7 Å². The van der Waals surface area contributed by atoms with Crippen molar-refractivity contribution in [3.05, 3.63) is 17.9 Å². The Hall–Kier alpha value is -1.05. The molecule has 0 rings (SSSR count). The van der Waals surface area contributed by atoms with Crippen LogP contribution in [0.5, 0.6) is 0 Å². The van der Waals surface area contributed by atoms with Gasteiger partial charge in [-0.25, -0.2) is 4.79 Å². The monoisotopic (exact) mass is 156 g/mol. The lowest BCUT2D eigenvalue weighted by molar-refractivity contribution is -0.132. The predicted molar refractivity (Wildman–Crippen MR) is 41.4 cm³/mol. The molecule has 0 aromatic heterocycles. The maximum Gasteiger partial charge on any atom is 0.339 e. The SMILES string of the molecule is C=C=C(CCCOC)C(=O)O. The highest BCUT2D eigenvalue weighted by Gasteiger charge is 2.04. The number of hydrogen-bond donors (Lipinski definition) is 1. The fourth-order valence-corrected chi connectivity index (χ4v) is 0.664. The summed E-state index contributed by atoms with van der Waals surface area (Å²) < 4.78 is 4.76. The van der Waals surface area contributed by atoms with Crippen molar-refractivity contribution in [2.75, 3.05) is 13.7 Å². The Morgan fingerprint density at radius 3 is 2.73 bits per heavy atom. The average Bonchev–Trinajstić information content (AvgIpc) is 1.97. The van der Waals surface area contributed by atoms with Crippen LogP contribution in [0.25, 0.3) is 0 Å². The number of carboxylic acid groups (broad SMARTS) is 1. The zero-order chi connectivity index (χ0) is 8.69. The number of ether oxygens (including phenoxy) is 1. The molecule has 0 atom stereocenters. The molecule has 0 aliphatic heterocycles. The van der Waals surface area contributed by atoms with Crippen molar-refractivity contribution in [2.45, 2.75) is 12.8 Å². The van der Waals surface area contributed by atoms with Crippen LogP contribution >= 0.6 is 0 Å². The van der Waals surface area contributed by atoms with E-state index in [2.05, 4.69) is 12.3 Å². The molecular weight excluding hydrogens is 144 g/mol. The van der Waals surface area contributed by atoms with Crippen LogP contribution in [0.15, 0.2) is 17.9 Å². The fraction of sp³-hybridized carbons (Fsp3) is 0.500. The summed E-state index contributed by atoms with van der Waals surface area (Å²) in [6.45, 7) is 3.85. The van der Waals surface area contributed by atoms with E-state index in [0.29, 0.717) is 19.4 Å². The summed E-state index contributed by atoms with van der Waals surface area (Å²) in [7, 11) is 1.58. The third kappa shape index (κ3) is 4.37. The number of aliphatic carboxylic acids is 1. The van der Waals surface area contributed by atoms with Crippen molar-refractivity contribution in [1.29, 1.82) is 0 Å². The van der Waals surface area contributed by atoms with E-state index in [1.807, 2.05) is 0 Å². The van der Waals surface area contributed by atoms with Gasteiger partial charge in [-0.1, -0.05) is 6.58 Å². The molecule has 0 spiro atoms. The van der Waals surface area contributed by atoms with Crippen LogP contribution in [0.2, 0.25) is 0 Å². The Labute approximate surface area is 66.0 Å². The maximum absolute atomic E-state index is 10.3. The summed E-state index contributed by atoms with van der Waals surface area (Å²) in [5, 5.41) is 8.49. The Bertz CT molecular complexity index is 178. The second kappa shape index (κ2) is 5.71. The van der Waals surface area contributed by atoms with Crippen LogP contribution < -0.4 is 0 Å². The van der Waals surface area contributed by atoms with Crippen LogP contribution in [0, 0.1) is 0 Å². The smallest absolute Gasteiger partial charge is 0.339 e. The number of hydrogen-bond acceptors (Lipinski definition) is 2. The molecule has 0 heterocycles. The molecule has 0 saturated carbocycles. The van der Waals surface area contributed by atoms with Gasteiger partial charge in [-0.2, -0.15) is 0 Å². The first-order valence-electron chi connectivity index (χ1n) is 3.33. The van der Waals surface area contributed by atoms with Crippen molar-refractivity contribution in [2.24, 2.45) is 0 Å². The third-order valence-electron chi connectivity index (χ3n) is 1.25. The van der Waals surface area contributed by atoms with E-state index < -0.39 is 5.97 Å². The minimum absolute atomic E-state index is 0.224. The van der Waals surface area contributed by atoms with Crippen molar-refractivity contribution < 1.29 is 14.6 Å². The third-order valence-corrected chi connectivity index (χ3v) is 1.25. The van der Waals surface area contributed by atoms with E-state index in [1.165, 1.54) is 0 Å². The van der Waals surface area contributed by atoms with Gasteiger partial charge in [0.1, 0.15) is 0 Å². The van der Waals surface area contributed by atoms with Crippen LogP contribution in [0.3, 0.4) is 0 Å². The van der Waals surface area contributed by atoms with Crippen molar-refractivity contribution >= 4 is 5.97 Å². The number of rotatable bonds is 5. The van der Waals surface area contributed by atoms with Crippen molar-refractivity contribution in [1.82, 2.24) is 0 Å². The van der Waals surface area contributed by atoms with Gasteiger partial charge in [0.2, 0.25) is 0 Å². The topological polar surface area (TPSA) is 46.5 Å². The lowest BCUT2D eigenvalue weighted by Crippen LogP contribution is -2.00. The van der Waals surface area contributed by atoms with Gasteiger partial charge in [0.25, 0.3) is 0 Å². The first-order valence-corrected chi connectivity index (χ1v) is 3.33. The highest BCUT2D eigenvalue weighted by atomic mass is 16.5. The lowest BCUT2D eigenvalue weighted by atomic mass is 10.1. The molecule has 0 aromatic rings. The summed E-state index contributed by atoms with van der Waals surface area (Å²) in [5.74, 6) is -0.948. The molecule has 0 aliphatic carbocycles. The van der Waals surface area contributed by atoms with Gasteiger partial charge < -0.3 is 9.84 Å². The number of carbonyl (C=O) groups is 1. The first kappa shape index (κ1) is 9.95. The van der Waals surface area contributed by atoms with E-state index in [9.17, 15) is 4.79 Å². The molecule has 0 saturated heterocycles. The Morgan fingerprint density at radius 2 is 2.36 bits per heavy atom. The summed E-state index contributed by atoms with van der Waals surface area (Å²) in [4.78, 5) is 10.3. The molecule has 3 nitrogen and oxygen atoms in total. The van der Waals surface area contributed by atoms with E-state index in [4.69, 9.17) is 9.84 Å². The molecule has 0 fully saturated rings. The molecule has 0 unspecified atom stereocenters. The maximum atomic E-state index is 10.3. The molecule has 0 amide bonds. The lowest BCUT2D eigenvalue weighted by Gasteiger charge is -1.97. The Balaban J connectivity index is 3.73. The van der Waals surface area contributed by atoms with Gasteiger partial charge in [-0.3, -0.25) is 0 Å². The average molecular weight is 156 g/mol. The molecule has 0 aromatic carbocycles.